The molecule has 1 fully saturated rings. The predicted octanol–water partition coefficient (Wildman–Crippen LogP) is -0.524. The van der Waals surface area contributed by atoms with E-state index in [4.69, 9.17) is 14.9 Å². The standard InChI is InChI=1S/C5H10O3/c6-4-1-2-8-5(7)3-4/h4-7H,1-3H2. The molecule has 0 spiro atoms. The van der Waals surface area contributed by atoms with Gasteiger partial charge in [-0.3, -0.25) is 0 Å². The van der Waals surface area contributed by atoms with Crippen molar-refractivity contribution in [3.63, 3.8) is 0 Å². The Labute approximate surface area is 47.9 Å². The quantitative estimate of drug-likeness (QED) is 0.450. The summed E-state index contributed by atoms with van der Waals surface area (Å²) in [4.78, 5) is 0. The van der Waals surface area contributed by atoms with Gasteiger partial charge in [-0.2, -0.15) is 0 Å². The van der Waals surface area contributed by atoms with Gasteiger partial charge in [0, 0.05) is 6.42 Å². The van der Waals surface area contributed by atoms with Crippen molar-refractivity contribution in [1.82, 2.24) is 0 Å². The largest absolute Gasteiger partial charge is 0.393 e. The minimum atomic E-state index is -0.737. The van der Waals surface area contributed by atoms with Gasteiger partial charge in [-0.25, -0.2) is 0 Å². The molecule has 48 valence electrons. The molecule has 1 saturated heterocycles. The molecule has 3 heteroatoms. The molecule has 1 aliphatic heterocycles. The average molecular weight is 118 g/mol. The summed E-state index contributed by atoms with van der Waals surface area (Å²) < 4.78 is 4.74. The Morgan fingerprint density at radius 2 is 2.12 bits per heavy atom. The molecule has 0 saturated carbocycles. The molecule has 0 aromatic rings. The van der Waals surface area contributed by atoms with E-state index in [0.29, 0.717) is 19.4 Å². The molecule has 3 nitrogen and oxygen atoms in total. The summed E-state index contributed by atoms with van der Waals surface area (Å²) >= 11 is 0. The van der Waals surface area contributed by atoms with Crippen molar-refractivity contribution in [2.45, 2.75) is 25.2 Å². The summed E-state index contributed by atoms with van der Waals surface area (Å²) in [5.74, 6) is 0. The number of rotatable bonds is 0. The first-order chi connectivity index (χ1) is 3.79. The predicted molar refractivity (Wildman–Crippen MR) is 27.2 cm³/mol. The van der Waals surface area contributed by atoms with Gasteiger partial charge < -0.3 is 14.9 Å². The van der Waals surface area contributed by atoms with E-state index < -0.39 is 6.29 Å². The summed E-state index contributed by atoms with van der Waals surface area (Å²) in [6.45, 7) is 0.475. The van der Waals surface area contributed by atoms with E-state index in [2.05, 4.69) is 0 Å². The van der Waals surface area contributed by atoms with E-state index in [0.717, 1.165) is 0 Å². The van der Waals surface area contributed by atoms with Crippen LogP contribution in [0.25, 0.3) is 0 Å². The van der Waals surface area contributed by atoms with Crippen molar-refractivity contribution in [1.29, 1.82) is 0 Å². The van der Waals surface area contributed by atoms with E-state index >= 15 is 0 Å². The van der Waals surface area contributed by atoms with Crippen molar-refractivity contribution in [2.75, 3.05) is 6.61 Å². The third-order valence-electron chi connectivity index (χ3n) is 1.24. The molecule has 2 unspecified atom stereocenters. The number of aliphatic hydroxyl groups excluding tert-OH is 2. The molecular weight excluding hydrogens is 108 g/mol. The van der Waals surface area contributed by atoms with Crippen molar-refractivity contribution in [2.24, 2.45) is 0 Å². The molecular formula is C5H10O3. The average Bonchev–Trinajstić information content (AvgIpc) is 1.64. The van der Waals surface area contributed by atoms with Crippen molar-refractivity contribution in [3.8, 4) is 0 Å². The van der Waals surface area contributed by atoms with Crippen molar-refractivity contribution >= 4 is 0 Å². The van der Waals surface area contributed by atoms with Crippen LogP contribution in [0, 0.1) is 0 Å². The Balaban J connectivity index is 2.23. The Hall–Kier alpha value is -0.120. The van der Waals surface area contributed by atoms with Gasteiger partial charge in [-0.05, 0) is 6.42 Å². The van der Waals surface area contributed by atoms with E-state index in [1.807, 2.05) is 0 Å². The lowest BCUT2D eigenvalue weighted by Gasteiger charge is -2.21. The van der Waals surface area contributed by atoms with Crippen LogP contribution in [0.1, 0.15) is 12.8 Å². The van der Waals surface area contributed by atoms with Crippen LogP contribution < -0.4 is 0 Å². The van der Waals surface area contributed by atoms with Gasteiger partial charge in [0.15, 0.2) is 6.29 Å². The Kier molecular flexibility index (Phi) is 1.83. The van der Waals surface area contributed by atoms with Crippen LogP contribution >= 0.6 is 0 Å². The third kappa shape index (κ3) is 1.43. The lowest BCUT2D eigenvalue weighted by Crippen LogP contribution is -2.28. The van der Waals surface area contributed by atoms with Crippen molar-refractivity contribution in [3.05, 3.63) is 0 Å². The lowest BCUT2D eigenvalue weighted by atomic mass is 10.1. The molecule has 1 aliphatic rings. The number of ether oxygens (including phenoxy) is 1. The second-order valence-corrected chi connectivity index (χ2v) is 2.00. The van der Waals surface area contributed by atoms with Gasteiger partial charge in [-0.15, -0.1) is 0 Å². The highest BCUT2D eigenvalue weighted by Crippen LogP contribution is 2.10. The normalized spacial score (nSPS) is 39.8. The van der Waals surface area contributed by atoms with Gasteiger partial charge in [0.1, 0.15) is 0 Å². The van der Waals surface area contributed by atoms with Gasteiger partial charge in [0.25, 0.3) is 0 Å². The molecule has 0 aromatic heterocycles. The summed E-state index contributed by atoms with van der Waals surface area (Å²) in [5.41, 5.74) is 0. The Morgan fingerprint density at radius 1 is 1.38 bits per heavy atom. The number of aliphatic hydroxyl groups is 2. The monoisotopic (exact) mass is 118 g/mol. The third-order valence-corrected chi connectivity index (χ3v) is 1.24. The van der Waals surface area contributed by atoms with Crippen LogP contribution in [0.2, 0.25) is 0 Å². The zero-order valence-corrected chi connectivity index (χ0v) is 4.58. The fourth-order valence-electron chi connectivity index (χ4n) is 0.759. The van der Waals surface area contributed by atoms with Crippen LogP contribution in [-0.2, 0) is 4.74 Å². The molecule has 0 aliphatic carbocycles. The topological polar surface area (TPSA) is 49.7 Å². The maximum Gasteiger partial charge on any atom is 0.156 e. The molecule has 0 amide bonds. The van der Waals surface area contributed by atoms with Gasteiger partial charge >= 0.3 is 0 Å². The van der Waals surface area contributed by atoms with E-state index in [-0.39, 0.29) is 6.10 Å². The fourth-order valence-corrected chi connectivity index (χ4v) is 0.759. The van der Waals surface area contributed by atoms with E-state index in [1.165, 1.54) is 0 Å². The van der Waals surface area contributed by atoms with Crippen LogP contribution in [-0.4, -0.2) is 29.2 Å². The molecule has 1 heterocycles. The molecule has 2 atom stereocenters. The summed E-state index contributed by atoms with van der Waals surface area (Å²) in [7, 11) is 0. The maximum absolute atomic E-state index is 8.84. The minimum absolute atomic E-state index is 0.361. The fraction of sp³-hybridized carbons (Fsp3) is 1.00. The number of hydrogen-bond donors (Lipinski definition) is 2. The van der Waals surface area contributed by atoms with Crippen LogP contribution in [0.5, 0.6) is 0 Å². The summed E-state index contributed by atoms with van der Waals surface area (Å²) in [5, 5.41) is 17.5. The molecule has 2 N–H and O–H groups in total. The second-order valence-electron chi connectivity index (χ2n) is 2.00. The van der Waals surface area contributed by atoms with Gasteiger partial charge in [-0.1, -0.05) is 0 Å². The van der Waals surface area contributed by atoms with Crippen LogP contribution in [0.15, 0.2) is 0 Å². The lowest BCUT2D eigenvalue weighted by molar-refractivity contribution is -0.152. The van der Waals surface area contributed by atoms with Crippen LogP contribution in [0.4, 0.5) is 0 Å². The van der Waals surface area contributed by atoms with Crippen molar-refractivity contribution < 1.29 is 14.9 Å². The van der Waals surface area contributed by atoms with E-state index in [1.54, 1.807) is 0 Å². The smallest absolute Gasteiger partial charge is 0.156 e. The van der Waals surface area contributed by atoms with Crippen LogP contribution in [0.3, 0.4) is 0 Å². The molecule has 0 radical (unpaired) electrons. The SMILES string of the molecule is OC1CCOC(O)C1. The first kappa shape index (κ1) is 6.01. The molecule has 0 bridgehead atoms. The molecule has 1 rings (SSSR count). The first-order valence-electron chi connectivity index (χ1n) is 2.77. The highest BCUT2D eigenvalue weighted by Gasteiger charge is 2.17. The highest BCUT2D eigenvalue weighted by molar-refractivity contribution is 4.61. The summed E-state index contributed by atoms with van der Waals surface area (Å²) in [6.07, 6.45) is -0.0886. The molecule has 8 heavy (non-hydrogen) atoms. The highest BCUT2D eigenvalue weighted by atomic mass is 16.6. The van der Waals surface area contributed by atoms with E-state index in [9.17, 15) is 0 Å². The maximum atomic E-state index is 8.84. The zero-order valence-electron chi connectivity index (χ0n) is 4.58. The first-order valence-corrected chi connectivity index (χ1v) is 2.77. The zero-order chi connectivity index (χ0) is 5.98. The Morgan fingerprint density at radius 3 is 2.50 bits per heavy atom. The Bertz CT molecular complexity index is 66.1. The minimum Gasteiger partial charge on any atom is -0.393 e. The van der Waals surface area contributed by atoms with Gasteiger partial charge in [0.05, 0.1) is 12.7 Å². The second kappa shape index (κ2) is 2.44. The molecule has 0 aromatic carbocycles. The number of hydrogen-bond acceptors (Lipinski definition) is 3. The van der Waals surface area contributed by atoms with Gasteiger partial charge in [0.2, 0.25) is 0 Å². The summed E-state index contributed by atoms with van der Waals surface area (Å²) in [6, 6.07) is 0.